The van der Waals surface area contributed by atoms with Crippen molar-refractivity contribution in [2.75, 3.05) is 7.11 Å². The zero-order valence-electron chi connectivity index (χ0n) is 5.34. The molecule has 11 heavy (non-hydrogen) atoms. The van der Waals surface area contributed by atoms with Crippen LogP contribution in [0.3, 0.4) is 0 Å². The first-order valence-corrected chi connectivity index (χ1v) is 2.12. The van der Waals surface area contributed by atoms with Crippen molar-refractivity contribution < 1.29 is 32.9 Å². The molecule has 0 heterocycles. The fourth-order valence-electron chi connectivity index (χ4n) is 0.215. The minimum Gasteiger partial charge on any atom is -0.476 e. The summed E-state index contributed by atoms with van der Waals surface area (Å²) >= 11 is 0. The van der Waals surface area contributed by atoms with E-state index in [1.165, 1.54) is 0 Å². The van der Waals surface area contributed by atoms with Crippen molar-refractivity contribution >= 4 is 11.9 Å². The third-order valence-corrected chi connectivity index (χ3v) is 0.710. The SMILES string of the molecule is COC(=O)C(F)(F)C(=O)O.F. The van der Waals surface area contributed by atoms with Crippen LogP contribution in [-0.2, 0) is 14.3 Å². The molecule has 0 amide bonds. The van der Waals surface area contributed by atoms with E-state index in [1.807, 2.05) is 0 Å². The lowest BCUT2D eigenvalue weighted by Crippen LogP contribution is -2.38. The third-order valence-electron chi connectivity index (χ3n) is 0.710. The van der Waals surface area contributed by atoms with Crippen molar-refractivity contribution in [1.29, 1.82) is 0 Å². The summed E-state index contributed by atoms with van der Waals surface area (Å²) in [5.41, 5.74) is 0. The molecule has 0 aromatic rings. The summed E-state index contributed by atoms with van der Waals surface area (Å²) in [4.78, 5) is 19.5. The summed E-state index contributed by atoms with van der Waals surface area (Å²) in [6.45, 7) is 0. The first-order chi connectivity index (χ1) is 4.42. The zero-order valence-corrected chi connectivity index (χ0v) is 5.34. The highest BCUT2D eigenvalue weighted by molar-refractivity contribution is 6.00. The molecule has 7 heteroatoms. The number of ether oxygens (including phenoxy) is 1. The van der Waals surface area contributed by atoms with E-state index < -0.39 is 17.9 Å². The Morgan fingerprint density at radius 2 is 1.82 bits per heavy atom. The molecule has 0 aliphatic heterocycles. The Kier molecular flexibility index (Phi) is 4.28. The maximum absolute atomic E-state index is 11.9. The van der Waals surface area contributed by atoms with Crippen molar-refractivity contribution in [3.63, 3.8) is 0 Å². The number of hydrogen-bond acceptors (Lipinski definition) is 3. The van der Waals surface area contributed by atoms with E-state index in [-0.39, 0.29) is 4.70 Å². The molecule has 0 unspecified atom stereocenters. The van der Waals surface area contributed by atoms with Gasteiger partial charge < -0.3 is 9.84 Å². The van der Waals surface area contributed by atoms with E-state index in [0.29, 0.717) is 7.11 Å². The van der Waals surface area contributed by atoms with Crippen LogP contribution in [0.2, 0.25) is 0 Å². The monoisotopic (exact) mass is 174 g/mol. The number of alkyl halides is 2. The van der Waals surface area contributed by atoms with Gasteiger partial charge in [-0.15, -0.1) is 0 Å². The normalized spacial score (nSPS) is 9.73. The molecule has 0 atom stereocenters. The largest absolute Gasteiger partial charge is 0.476 e. The number of rotatable bonds is 2. The number of hydrogen-bond donors (Lipinski definition) is 1. The van der Waals surface area contributed by atoms with Gasteiger partial charge in [0, 0.05) is 0 Å². The van der Waals surface area contributed by atoms with Gasteiger partial charge in [0.25, 0.3) is 0 Å². The smallest absolute Gasteiger partial charge is 0.437 e. The molecule has 0 aliphatic rings. The summed E-state index contributed by atoms with van der Waals surface area (Å²) in [7, 11) is 0.680. The predicted octanol–water partition coefficient (Wildman–Crippen LogP) is 0.0318. The molecule has 66 valence electrons. The molecular formula is C4H5F3O4. The van der Waals surface area contributed by atoms with Crippen molar-refractivity contribution in [3.8, 4) is 0 Å². The summed E-state index contributed by atoms with van der Waals surface area (Å²) in [5.74, 6) is -9.02. The Hall–Kier alpha value is -1.27. The Morgan fingerprint density at radius 1 is 1.45 bits per heavy atom. The van der Waals surface area contributed by atoms with Gasteiger partial charge in [0.15, 0.2) is 0 Å². The van der Waals surface area contributed by atoms with Crippen LogP contribution in [0, 0.1) is 0 Å². The zero-order chi connectivity index (χ0) is 8.36. The summed E-state index contributed by atoms with van der Waals surface area (Å²) in [6, 6.07) is 0. The third kappa shape index (κ3) is 2.44. The average Bonchev–Trinajstić information content (AvgIpc) is 1.86. The van der Waals surface area contributed by atoms with Gasteiger partial charge in [-0.2, -0.15) is 8.78 Å². The topological polar surface area (TPSA) is 63.6 Å². The molecule has 0 saturated heterocycles. The van der Waals surface area contributed by atoms with E-state index >= 15 is 0 Å². The Balaban J connectivity index is 0. The summed E-state index contributed by atoms with van der Waals surface area (Å²) in [6.07, 6.45) is 0. The van der Waals surface area contributed by atoms with Gasteiger partial charge in [0.1, 0.15) is 0 Å². The van der Waals surface area contributed by atoms with Crippen LogP contribution in [0.5, 0.6) is 0 Å². The van der Waals surface area contributed by atoms with Crippen molar-refractivity contribution in [2.24, 2.45) is 0 Å². The highest BCUT2D eigenvalue weighted by Gasteiger charge is 2.49. The van der Waals surface area contributed by atoms with Crippen LogP contribution < -0.4 is 0 Å². The summed E-state index contributed by atoms with van der Waals surface area (Å²) in [5, 5.41) is 7.69. The highest BCUT2D eigenvalue weighted by Crippen LogP contribution is 2.14. The maximum atomic E-state index is 11.9. The standard InChI is InChI=1S/C4H4F2O4.FH/c1-10-3(9)4(5,6)2(7)8;/h1H3,(H,7,8);1H. The Bertz CT molecular complexity index is 167. The number of carboxylic acid groups (broad SMARTS) is 1. The van der Waals surface area contributed by atoms with Crippen LogP contribution >= 0.6 is 0 Å². The lowest BCUT2D eigenvalue weighted by atomic mass is 10.3. The van der Waals surface area contributed by atoms with E-state index in [4.69, 9.17) is 5.11 Å². The second kappa shape index (κ2) is 3.79. The first-order valence-electron chi connectivity index (χ1n) is 2.12. The van der Waals surface area contributed by atoms with Gasteiger partial charge in [-0.25, -0.2) is 9.59 Å². The molecule has 0 rings (SSSR count). The second-order valence-corrected chi connectivity index (χ2v) is 1.37. The van der Waals surface area contributed by atoms with Crippen LogP contribution in [0.25, 0.3) is 0 Å². The Morgan fingerprint density at radius 3 is 1.91 bits per heavy atom. The number of carboxylic acids is 1. The number of carbonyl (C=O) groups is 2. The van der Waals surface area contributed by atoms with Crippen LogP contribution in [-0.4, -0.2) is 30.1 Å². The van der Waals surface area contributed by atoms with Crippen LogP contribution in [0.1, 0.15) is 0 Å². The molecule has 0 radical (unpaired) electrons. The molecule has 4 nitrogen and oxygen atoms in total. The minimum atomic E-state index is -4.44. The van der Waals surface area contributed by atoms with E-state index in [2.05, 4.69) is 4.74 Å². The number of methoxy groups -OCH3 is 1. The Labute approximate surface area is 59.1 Å². The van der Waals surface area contributed by atoms with Gasteiger partial charge in [-0.3, -0.25) is 4.70 Å². The van der Waals surface area contributed by atoms with Gasteiger partial charge in [-0.05, 0) is 0 Å². The van der Waals surface area contributed by atoms with E-state index in [0.717, 1.165) is 0 Å². The van der Waals surface area contributed by atoms with Crippen molar-refractivity contribution in [1.82, 2.24) is 0 Å². The molecule has 0 aromatic carbocycles. The minimum absolute atomic E-state index is 0. The fourth-order valence-corrected chi connectivity index (χ4v) is 0.215. The number of esters is 1. The lowest BCUT2D eigenvalue weighted by Gasteiger charge is -2.06. The summed E-state index contributed by atoms with van der Waals surface area (Å²) < 4.78 is 27.2. The van der Waals surface area contributed by atoms with Crippen molar-refractivity contribution in [2.45, 2.75) is 5.92 Å². The molecule has 0 bridgehead atoms. The van der Waals surface area contributed by atoms with Gasteiger partial charge in [-0.1, -0.05) is 0 Å². The predicted molar refractivity (Wildman–Crippen MR) is 27.1 cm³/mol. The molecule has 0 aliphatic carbocycles. The van der Waals surface area contributed by atoms with Gasteiger partial charge >= 0.3 is 17.9 Å². The van der Waals surface area contributed by atoms with Gasteiger partial charge in [0.2, 0.25) is 0 Å². The molecule has 0 spiro atoms. The quantitative estimate of drug-likeness (QED) is 0.473. The number of halogens is 3. The number of carbonyl (C=O) groups excluding carboxylic acids is 1. The average molecular weight is 174 g/mol. The molecule has 0 saturated carbocycles. The second-order valence-electron chi connectivity index (χ2n) is 1.37. The fraction of sp³-hybridized carbons (Fsp3) is 0.500. The van der Waals surface area contributed by atoms with Crippen LogP contribution in [0.15, 0.2) is 0 Å². The first kappa shape index (κ1) is 12.4. The lowest BCUT2D eigenvalue weighted by molar-refractivity contribution is -0.184. The van der Waals surface area contributed by atoms with Crippen molar-refractivity contribution in [3.05, 3.63) is 0 Å². The molecule has 1 N–H and O–H groups in total. The molecule has 0 aromatic heterocycles. The maximum Gasteiger partial charge on any atom is 0.437 e. The van der Waals surface area contributed by atoms with E-state index in [9.17, 15) is 18.4 Å². The molecular weight excluding hydrogens is 169 g/mol. The van der Waals surface area contributed by atoms with Crippen LogP contribution in [0.4, 0.5) is 13.5 Å². The number of aliphatic carboxylic acids is 1. The highest BCUT2D eigenvalue weighted by atomic mass is 19.3. The van der Waals surface area contributed by atoms with Gasteiger partial charge in [0.05, 0.1) is 7.11 Å². The van der Waals surface area contributed by atoms with E-state index in [1.54, 1.807) is 0 Å². The molecule has 0 fully saturated rings.